The van der Waals surface area contributed by atoms with Crippen molar-refractivity contribution < 1.29 is 4.79 Å². The summed E-state index contributed by atoms with van der Waals surface area (Å²) < 4.78 is 0. The van der Waals surface area contributed by atoms with Crippen LogP contribution < -0.4 is 0 Å². The van der Waals surface area contributed by atoms with E-state index in [9.17, 15) is 4.79 Å². The van der Waals surface area contributed by atoms with Crippen molar-refractivity contribution in [1.29, 1.82) is 0 Å². The van der Waals surface area contributed by atoms with Crippen molar-refractivity contribution in [1.82, 2.24) is 9.88 Å². The molecule has 1 aliphatic carbocycles. The standard InChI is InChI=1S/C16H14N2O/c1-18(2)8-7-11-9-14-12-5-3-4-6-13(12)16(19)15(14)10-17-11/h3-10H,1-2H3/b8-7+. The van der Waals surface area contributed by atoms with Crippen molar-refractivity contribution in [3.63, 3.8) is 0 Å². The normalized spacial score (nSPS) is 12.6. The molecule has 0 unspecified atom stereocenters. The van der Waals surface area contributed by atoms with Crippen molar-refractivity contribution in [2.75, 3.05) is 14.1 Å². The Morgan fingerprint density at radius 2 is 1.79 bits per heavy atom. The topological polar surface area (TPSA) is 33.2 Å². The van der Waals surface area contributed by atoms with Crippen LogP contribution in [0.3, 0.4) is 0 Å². The Balaban J connectivity index is 2.11. The molecule has 0 radical (unpaired) electrons. The van der Waals surface area contributed by atoms with Gasteiger partial charge in [0, 0.05) is 37.6 Å². The molecule has 0 fully saturated rings. The van der Waals surface area contributed by atoms with Crippen LogP contribution in [-0.2, 0) is 0 Å². The van der Waals surface area contributed by atoms with E-state index in [1.54, 1.807) is 6.20 Å². The molecule has 0 spiro atoms. The van der Waals surface area contributed by atoms with E-state index in [1.165, 1.54) is 0 Å². The maximum atomic E-state index is 12.2. The summed E-state index contributed by atoms with van der Waals surface area (Å²) in [6.07, 6.45) is 5.55. The molecule has 1 heterocycles. The van der Waals surface area contributed by atoms with Crippen LogP contribution >= 0.6 is 0 Å². The molecule has 3 rings (SSSR count). The lowest BCUT2D eigenvalue weighted by atomic mass is 10.1. The molecule has 0 N–H and O–H groups in total. The number of rotatable bonds is 2. The number of hydrogen-bond acceptors (Lipinski definition) is 3. The zero-order valence-corrected chi connectivity index (χ0v) is 10.9. The Kier molecular flexibility index (Phi) is 2.67. The fraction of sp³-hybridized carbons (Fsp3) is 0.125. The highest BCUT2D eigenvalue weighted by Gasteiger charge is 2.26. The van der Waals surface area contributed by atoms with Gasteiger partial charge in [0.1, 0.15) is 0 Å². The molecule has 94 valence electrons. The Labute approximate surface area is 112 Å². The first kappa shape index (κ1) is 11.7. The summed E-state index contributed by atoms with van der Waals surface area (Å²) in [4.78, 5) is 18.5. The molecule has 0 saturated heterocycles. The molecule has 0 amide bonds. The molecule has 3 nitrogen and oxygen atoms in total. The van der Waals surface area contributed by atoms with Crippen LogP contribution in [0.5, 0.6) is 0 Å². The number of carbonyl (C=O) groups excluding carboxylic acids is 1. The largest absolute Gasteiger partial charge is 0.383 e. The second-order valence-electron chi connectivity index (χ2n) is 4.81. The fourth-order valence-electron chi connectivity index (χ4n) is 2.25. The molecule has 1 aliphatic rings. The minimum atomic E-state index is 0.0706. The number of carbonyl (C=O) groups is 1. The summed E-state index contributed by atoms with van der Waals surface area (Å²) in [7, 11) is 3.92. The molecule has 2 aromatic rings. The van der Waals surface area contributed by atoms with Crippen LogP contribution in [0.2, 0.25) is 0 Å². The third-order valence-electron chi connectivity index (χ3n) is 3.18. The van der Waals surface area contributed by atoms with Gasteiger partial charge in [-0.1, -0.05) is 24.3 Å². The highest BCUT2D eigenvalue weighted by atomic mass is 16.1. The number of ketones is 1. The Bertz CT molecular complexity index is 687. The Morgan fingerprint density at radius 3 is 2.53 bits per heavy atom. The zero-order chi connectivity index (χ0) is 13.4. The highest BCUT2D eigenvalue weighted by Crippen LogP contribution is 2.36. The van der Waals surface area contributed by atoms with Crippen LogP contribution in [0.4, 0.5) is 0 Å². The number of nitrogens with zero attached hydrogens (tertiary/aromatic N) is 2. The van der Waals surface area contributed by atoms with Gasteiger partial charge in [0.25, 0.3) is 0 Å². The summed E-state index contributed by atoms with van der Waals surface area (Å²) in [5, 5.41) is 0. The molecule has 0 bridgehead atoms. The third-order valence-corrected chi connectivity index (χ3v) is 3.18. The molecule has 0 saturated carbocycles. The monoisotopic (exact) mass is 250 g/mol. The van der Waals surface area contributed by atoms with Crippen LogP contribution in [0, 0.1) is 0 Å². The Morgan fingerprint density at radius 1 is 1.05 bits per heavy atom. The lowest BCUT2D eigenvalue weighted by Crippen LogP contribution is -2.00. The van der Waals surface area contributed by atoms with Crippen molar-refractivity contribution in [2.45, 2.75) is 0 Å². The molecule has 19 heavy (non-hydrogen) atoms. The molecular formula is C16H14N2O. The van der Waals surface area contributed by atoms with Gasteiger partial charge in [-0.2, -0.15) is 0 Å². The smallest absolute Gasteiger partial charge is 0.195 e. The molecule has 1 aromatic heterocycles. The molecule has 3 heteroatoms. The number of pyridine rings is 1. The van der Waals surface area contributed by atoms with E-state index < -0.39 is 0 Å². The first-order valence-corrected chi connectivity index (χ1v) is 6.15. The quantitative estimate of drug-likeness (QED) is 0.701. The van der Waals surface area contributed by atoms with E-state index in [0.717, 1.165) is 22.4 Å². The fourth-order valence-corrected chi connectivity index (χ4v) is 2.25. The predicted octanol–water partition coefficient (Wildman–Crippen LogP) is 2.83. The summed E-state index contributed by atoms with van der Waals surface area (Å²) in [5.74, 6) is 0.0706. The molecule has 1 aromatic carbocycles. The van der Waals surface area contributed by atoms with E-state index >= 15 is 0 Å². The van der Waals surface area contributed by atoms with Crippen molar-refractivity contribution in [3.8, 4) is 11.1 Å². The third kappa shape index (κ3) is 1.93. The van der Waals surface area contributed by atoms with Crippen molar-refractivity contribution >= 4 is 11.9 Å². The van der Waals surface area contributed by atoms with Gasteiger partial charge < -0.3 is 4.90 Å². The van der Waals surface area contributed by atoms with Gasteiger partial charge >= 0.3 is 0 Å². The maximum absolute atomic E-state index is 12.2. The van der Waals surface area contributed by atoms with Crippen molar-refractivity contribution in [2.24, 2.45) is 0 Å². The highest BCUT2D eigenvalue weighted by molar-refractivity contribution is 6.21. The number of aromatic nitrogens is 1. The van der Waals surface area contributed by atoms with Gasteiger partial charge in [-0.15, -0.1) is 0 Å². The minimum Gasteiger partial charge on any atom is -0.383 e. The summed E-state index contributed by atoms with van der Waals surface area (Å²) in [6, 6.07) is 9.67. The number of fused-ring (bicyclic) bond motifs is 3. The van der Waals surface area contributed by atoms with E-state index in [-0.39, 0.29) is 5.78 Å². The lowest BCUT2D eigenvalue weighted by molar-refractivity contribution is 0.104. The van der Waals surface area contributed by atoms with Crippen LogP contribution in [0.25, 0.3) is 17.2 Å². The second kappa shape index (κ2) is 4.35. The van der Waals surface area contributed by atoms with Gasteiger partial charge in [-0.3, -0.25) is 9.78 Å². The van der Waals surface area contributed by atoms with Crippen LogP contribution in [0.15, 0.2) is 42.7 Å². The minimum absolute atomic E-state index is 0.0706. The average molecular weight is 250 g/mol. The number of hydrogen-bond donors (Lipinski definition) is 0. The molecule has 0 atom stereocenters. The van der Waals surface area contributed by atoms with Gasteiger partial charge in [-0.25, -0.2) is 0 Å². The summed E-state index contributed by atoms with van der Waals surface area (Å²) >= 11 is 0. The van der Waals surface area contributed by atoms with E-state index in [2.05, 4.69) is 4.98 Å². The van der Waals surface area contributed by atoms with E-state index in [0.29, 0.717) is 5.56 Å². The average Bonchev–Trinajstić information content (AvgIpc) is 2.71. The molecule has 0 aliphatic heterocycles. The van der Waals surface area contributed by atoms with Gasteiger partial charge in [0.05, 0.1) is 5.69 Å². The van der Waals surface area contributed by atoms with E-state index in [1.807, 2.05) is 61.6 Å². The summed E-state index contributed by atoms with van der Waals surface area (Å²) in [6.45, 7) is 0. The summed E-state index contributed by atoms with van der Waals surface area (Å²) in [5.41, 5.74) is 4.31. The van der Waals surface area contributed by atoms with E-state index in [4.69, 9.17) is 0 Å². The number of benzene rings is 1. The van der Waals surface area contributed by atoms with Crippen LogP contribution in [0.1, 0.15) is 21.6 Å². The van der Waals surface area contributed by atoms with Gasteiger partial charge in [-0.05, 0) is 23.3 Å². The molecular weight excluding hydrogens is 236 g/mol. The maximum Gasteiger partial charge on any atom is 0.195 e. The zero-order valence-electron chi connectivity index (χ0n) is 10.9. The lowest BCUT2D eigenvalue weighted by Gasteiger charge is -2.04. The van der Waals surface area contributed by atoms with Crippen LogP contribution in [-0.4, -0.2) is 29.8 Å². The first-order valence-electron chi connectivity index (χ1n) is 6.15. The van der Waals surface area contributed by atoms with Gasteiger partial charge in [0.2, 0.25) is 0 Å². The SMILES string of the molecule is CN(C)/C=C/c1cc2c(cn1)C(=O)c1ccccc1-2. The Hall–Kier alpha value is -2.42. The predicted molar refractivity (Wildman–Crippen MR) is 75.8 cm³/mol. The first-order chi connectivity index (χ1) is 9.16. The van der Waals surface area contributed by atoms with Gasteiger partial charge in [0.15, 0.2) is 5.78 Å². The second-order valence-corrected chi connectivity index (χ2v) is 4.81. The van der Waals surface area contributed by atoms with Crippen molar-refractivity contribution in [3.05, 3.63) is 59.5 Å².